The van der Waals surface area contributed by atoms with Gasteiger partial charge in [-0.05, 0) is 29.8 Å². The first kappa shape index (κ1) is 16.5. The standard InChI is InChI=1S/C16H13BrF3NO/c17-13-8-6-11(7-9-13)10-14(16(18,19)20)21-15(22)12-4-2-1-3-5-12/h1-9,14H,10H2,(H,21,22)/t14-/m1/s1. The molecule has 2 rings (SSSR count). The molecule has 0 saturated carbocycles. The Morgan fingerprint density at radius 1 is 1.05 bits per heavy atom. The summed E-state index contributed by atoms with van der Waals surface area (Å²) in [4.78, 5) is 11.9. The molecule has 0 aliphatic heterocycles. The molecule has 0 aromatic heterocycles. The Morgan fingerprint density at radius 2 is 1.64 bits per heavy atom. The number of nitrogens with one attached hydrogen (secondary N) is 1. The summed E-state index contributed by atoms with van der Waals surface area (Å²) in [6.07, 6.45) is -4.83. The van der Waals surface area contributed by atoms with Gasteiger partial charge >= 0.3 is 6.18 Å². The van der Waals surface area contributed by atoms with E-state index in [-0.39, 0.29) is 12.0 Å². The summed E-state index contributed by atoms with van der Waals surface area (Å²) < 4.78 is 40.2. The minimum Gasteiger partial charge on any atom is -0.340 e. The van der Waals surface area contributed by atoms with Crippen LogP contribution in [0.15, 0.2) is 59.1 Å². The van der Waals surface area contributed by atoms with Crippen molar-refractivity contribution in [3.63, 3.8) is 0 Å². The zero-order chi connectivity index (χ0) is 16.2. The Kier molecular flexibility index (Phi) is 5.24. The molecular weight excluding hydrogens is 359 g/mol. The normalized spacial score (nSPS) is 12.7. The maximum atomic E-state index is 13.1. The van der Waals surface area contributed by atoms with E-state index in [2.05, 4.69) is 21.2 Å². The Balaban J connectivity index is 2.13. The summed E-state index contributed by atoms with van der Waals surface area (Å²) >= 11 is 3.23. The van der Waals surface area contributed by atoms with Crippen molar-refractivity contribution in [3.8, 4) is 0 Å². The fourth-order valence-electron chi connectivity index (χ4n) is 1.94. The second-order valence-electron chi connectivity index (χ2n) is 4.76. The monoisotopic (exact) mass is 371 g/mol. The molecular formula is C16H13BrF3NO. The number of carbonyl (C=O) groups is 1. The van der Waals surface area contributed by atoms with Crippen molar-refractivity contribution < 1.29 is 18.0 Å². The van der Waals surface area contributed by atoms with Crippen LogP contribution >= 0.6 is 15.9 Å². The van der Waals surface area contributed by atoms with E-state index in [9.17, 15) is 18.0 Å². The molecule has 2 aromatic rings. The molecule has 2 nitrogen and oxygen atoms in total. The Morgan fingerprint density at radius 3 is 2.18 bits per heavy atom. The largest absolute Gasteiger partial charge is 0.408 e. The SMILES string of the molecule is O=C(N[C@H](Cc1ccc(Br)cc1)C(F)(F)F)c1ccccc1. The first-order chi connectivity index (χ1) is 10.4. The van der Waals surface area contributed by atoms with Crippen molar-refractivity contribution in [2.24, 2.45) is 0 Å². The molecule has 0 saturated heterocycles. The predicted octanol–water partition coefficient (Wildman–Crippen LogP) is 4.35. The van der Waals surface area contributed by atoms with Crippen molar-refractivity contribution in [2.75, 3.05) is 0 Å². The highest BCUT2D eigenvalue weighted by atomic mass is 79.9. The van der Waals surface area contributed by atoms with Crippen molar-refractivity contribution in [1.29, 1.82) is 0 Å². The van der Waals surface area contributed by atoms with E-state index in [4.69, 9.17) is 0 Å². The van der Waals surface area contributed by atoms with Crippen molar-refractivity contribution in [1.82, 2.24) is 5.32 Å². The fourth-order valence-corrected chi connectivity index (χ4v) is 2.20. The molecule has 0 heterocycles. The van der Waals surface area contributed by atoms with Gasteiger partial charge in [-0.2, -0.15) is 13.2 Å². The van der Waals surface area contributed by atoms with Crippen LogP contribution in [0.3, 0.4) is 0 Å². The molecule has 0 aliphatic carbocycles. The quantitative estimate of drug-likeness (QED) is 0.850. The molecule has 22 heavy (non-hydrogen) atoms. The first-order valence-corrected chi connectivity index (χ1v) is 7.32. The lowest BCUT2D eigenvalue weighted by molar-refractivity contribution is -0.153. The molecule has 2 aromatic carbocycles. The molecule has 0 spiro atoms. The Hall–Kier alpha value is -1.82. The summed E-state index contributed by atoms with van der Waals surface area (Å²) in [5, 5.41) is 2.06. The third kappa shape index (κ3) is 4.59. The van der Waals surface area contributed by atoms with Gasteiger partial charge in [-0.3, -0.25) is 4.79 Å². The average Bonchev–Trinajstić information content (AvgIpc) is 2.48. The minimum absolute atomic E-state index is 0.201. The summed E-state index contributed by atoms with van der Waals surface area (Å²) in [5.74, 6) is -0.736. The number of hydrogen-bond acceptors (Lipinski definition) is 1. The van der Waals surface area contributed by atoms with Crippen molar-refractivity contribution in [2.45, 2.75) is 18.6 Å². The highest BCUT2D eigenvalue weighted by Crippen LogP contribution is 2.24. The lowest BCUT2D eigenvalue weighted by atomic mass is 10.0. The van der Waals surface area contributed by atoms with Gasteiger partial charge in [0.25, 0.3) is 5.91 Å². The van der Waals surface area contributed by atoms with E-state index < -0.39 is 18.1 Å². The van der Waals surface area contributed by atoms with Gasteiger partial charge in [0, 0.05) is 16.5 Å². The van der Waals surface area contributed by atoms with Crippen LogP contribution < -0.4 is 5.32 Å². The molecule has 1 atom stereocenters. The smallest absolute Gasteiger partial charge is 0.340 e. The van der Waals surface area contributed by atoms with Crippen molar-refractivity contribution in [3.05, 3.63) is 70.2 Å². The van der Waals surface area contributed by atoms with Crippen LogP contribution in [0.5, 0.6) is 0 Å². The molecule has 1 N–H and O–H groups in total. The Labute approximate surface area is 134 Å². The van der Waals surface area contributed by atoms with Gasteiger partial charge in [-0.15, -0.1) is 0 Å². The van der Waals surface area contributed by atoms with Crippen LogP contribution in [0.4, 0.5) is 13.2 Å². The topological polar surface area (TPSA) is 29.1 Å². The number of carbonyl (C=O) groups excluding carboxylic acids is 1. The van der Waals surface area contributed by atoms with Gasteiger partial charge in [-0.1, -0.05) is 46.3 Å². The number of halogens is 4. The summed E-state index contributed by atoms with van der Waals surface area (Å²) in [7, 11) is 0. The summed E-state index contributed by atoms with van der Waals surface area (Å²) in [6, 6.07) is 12.4. The number of alkyl halides is 3. The summed E-state index contributed by atoms with van der Waals surface area (Å²) in [6.45, 7) is 0. The van der Waals surface area contributed by atoms with Crippen molar-refractivity contribution >= 4 is 21.8 Å². The van der Waals surface area contributed by atoms with Crippen LogP contribution in [-0.4, -0.2) is 18.1 Å². The van der Waals surface area contributed by atoms with E-state index in [0.717, 1.165) is 4.47 Å². The zero-order valence-corrected chi connectivity index (χ0v) is 13.0. The number of hydrogen-bond donors (Lipinski definition) is 1. The van der Waals surface area contributed by atoms with Crippen LogP contribution in [0.25, 0.3) is 0 Å². The predicted molar refractivity (Wildman–Crippen MR) is 81.6 cm³/mol. The van der Waals surface area contributed by atoms with E-state index in [1.165, 1.54) is 12.1 Å². The van der Waals surface area contributed by atoms with Crippen LogP contribution in [-0.2, 0) is 6.42 Å². The molecule has 0 fully saturated rings. The fraction of sp³-hybridized carbons (Fsp3) is 0.188. The van der Waals surface area contributed by atoms with Crippen LogP contribution in [0, 0.1) is 0 Å². The van der Waals surface area contributed by atoms with Gasteiger partial charge in [0.2, 0.25) is 0 Å². The van der Waals surface area contributed by atoms with Crippen LogP contribution in [0.1, 0.15) is 15.9 Å². The zero-order valence-electron chi connectivity index (χ0n) is 11.4. The molecule has 0 unspecified atom stereocenters. The lowest BCUT2D eigenvalue weighted by Crippen LogP contribution is -2.46. The van der Waals surface area contributed by atoms with Gasteiger partial charge in [0.05, 0.1) is 0 Å². The van der Waals surface area contributed by atoms with Crippen LogP contribution in [0.2, 0.25) is 0 Å². The second kappa shape index (κ2) is 6.96. The summed E-state index contributed by atoms with van der Waals surface area (Å²) in [5.41, 5.74) is 0.700. The molecule has 6 heteroatoms. The third-order valence-electron chi connectivity index (χ3n) is 3.09. The van der Waals surface area contributed by atoms with Gasteiger partial charge in [0.15, 0.2) is 0 Å². The lowest BCUT2D eigenvalue weighted by Gasteiger charge is -2.22. The van der Waals surface area contributed by atoms with E-state index >= 15 is 0 Å². The Bertz CT molecular complexity index is 626. The highest BCUT2D eigenvalue weighted by Gasteiger charge is 2.40. The minimum atomic E-state index is -4.52. The second-order valence-corrected chi connectivity index (χ2v) is 5.68. The van der Waals surface area contributed by atoms with E-state index in [0.29, 0.717) is 5.56 Å². The maximum Gasteiger partial charge on any atom is 0.408 e. The van der Waals surface area contributed by atoms with Gasteiger partial charge < -0.3 is 5.32 Å². The average molecular weight is 372 g/mol. The third-order valence-corrected chi connectivity index (χ3v) is 3.62. The van der Waals surface area contributed by atoms with E-state index in [1.807, 2.05) is 0 Å². The molecule has 1 amide bonds. The van der Waals surface area contributed by atoms with E-state index in [1.54, 1.807) is 42.5 Å². The molecule has 0 aliphatic rings. The first-order valence-electron chi connectivity index (χ1n) is 6.53. The van der Waals surface area contributed by atoms with Gasteiger partial charge in [-0.25, -0.2) is 0 Å². The number of benzene rings is 2. The molecule has 0 radical (unpaired) electrons. The number of amides is 1. The maximum absolute atomic E-state index is 13.1. The van der Waals surface area contributed by atoms with Gasteiger partial charge in [0.1, 0.15) is 6.04 Å². The molecule has 116 valence electrons. The highest BCUT2D eigenvalue weighted by molar-refractivity contribution is 9.10. The number of rotatable bonds is 4. The molecule has 0 bridgehead atoms.